The van der Waals surface area contributed by atoms with Gasteiger partial charge in [-0.15, -0.1) is 0 Å². The Morgan fingerprint density at radius 3 is 2.88 bits per heavy atom. The summed E-state index contributed by atoms with van der Waals surface area (Å²) in [6.45, 7) is 0.527. The highest BCUT2D eigenvalue weighted by atomic mass is 79.9. The molecule has 0 unspecified atom stereocenters. The molecule has 1 heterocycles. The number of halogens is 1. The number of carbonyl (C=O) groups is 1. The van der Waals surface area contributed by atoms with Crippen LogP contribution in [0.3, 0.4) is 0 Å². The van der Waals surface area contributed by atoms with Crippen molar-refractivity contribution in [3.63, 3.8) is 0 Å². The second-order valence-corrected chi connectivity index (χ2v) is 4.31. The van der Waals surface area contributed by atoms with Crippen molar-refractivity contribution >= 4 is 22.0 Å². The monoisotopic (exact) mass is 286 g/mol. The van der Waals surface area contributed by atoms with Gasteiger partial charge in [0.05, 0.1) is 17.6 Å². The number of hydrogen-bond acceptors (Lipinski definition) is 3. The van der Waals surface area contributed by atoms with E-state index in [0.29, 0.717) is 16.8 Å². The van der Waals surface area contributed by atoms with Gasteiger partial charge in [-0.3, -0.25) is 0 Å². The summed E-state index contributed by atoms with van der Waals surface area (Å²) in [5, 5.41) is 15.1. The number of ether oxygens (including phenoxy) is 1. The number of rotatable bonds is 2. The number of aromatic hydroxyl groups is 1. The third kappa shape index (κ3) is 1.92. The van der Waals surface area contributed by atoms with E-state index in [1.807, 2.05) is 0 Å². The van der Waals surface area contributed by atoms with Crippen molar-refractivity contribution in [2.24, 2.45) is 0 Å². The Kier molecular flexibility index (Phi) is 2.91. The topological polar surface area (TPSA) is 70.6 Å². The molecule has 1 fully saturated rings. The minimum atomic E-state index is -0.187. The molecule has 1 saturated heterocycles. The molecule has 0 bridgehead atoms. The van der Waals surface area contributed by atoms with Crippen molar-refractivity contribution in [3.05, 3.63) is 22.2 Å². The largest absolute Gasteiger partial charge is 0.503 e. The minimum absolute atomic E-state index is 0.0588. The Labute approximate surface area is 101 Å². The van der Waals surface area contributed by atoms with Crippen molar-refractivity contribution in [1.82, 2.24) is 10.6 Å². The Hall–Kier alpha value is -1.43. The zero-order valence-electron chi connectivity index (χ0n) is 8.58. The molecule has 0 aromatic heterocycles. The van der Waals surface area contributed by atoms with Gasteiger partial charge < -0.3 is 20.5 Å². The highest BCUT2D eigenvalue weighted by molar-refractivity contribution is 9.10. The first-order valence-corrected chi connectivity index (χ1v) is 5.52. The number of hydrogen-bond donors (Lipinski definition) is 3. The third-order valence-corrected chi connectivity index (χ3v) is 3.05. The smallest absolute Gasteiger partial charge is 0.315 e. The molecule has 3 N–H and O–H groups in total. The van der Waals surface area contributed by atoms with Gasteiger partial charge in [0.1, 0.15) is 0 Å². The van der Waals surface area contributed by atoms with Gasteiger partial charge in [-0.1, -0.05) is 0 Å². The number of phenols is 1. The highest BCUT2D eigenvalue weighted by Gasteiger charge is 2.23. The first-order chi connectivity index (χ1) is 7.61. The van der Waals surface area contributed by atoms with Gasteiger partial charge in [0.15, 0.2) is 11.5 Å². The Morgan fingerprint density at radius 1 is 1.56 bits per heavy atom. The van der Waals surface area contributed by atoms with Crippen LogP contribution in [0, 0.1) is 0 Å². The maximum atomic E-state index is 11.0. The SMILES string of the molecule is COc1cc([C@@H]2CNC(=O)N2)cc(Br)c1O. The summed E-state index contributed by atoms with van der Waals surface area (Å²) < 4.78 is 5.58. The summed E-state index contributed by atoms with van der Waals surface area (Å²) >= 11 is 3.24. The van der Waals surface area contributed by atoms with Gasteiger partial charge in [-0.25, -0.2) is 4.79 Å². The number of urea groups is 1. The summed E-state index contributed by atoms with van der Waals surface area (Å²) in [4.78, 5) is 11.0. The van der Waals surface area contributed by atoms with Gasteiger partial charge in [-0.05, 0) is 33.6 Å². The lowest BCUT2D eigenvalue weighted by Gasteiger charge is -2.13. The molecule has 1 aliphatic rings. The number of carbonyl (C=O) groups excluding carboxylic acids is 1. The van der Waals surface area contributed by atoms with Gasteiger partial charge in [-0.2, -0.15) is 0 Å². The van der Waals surface area contributed by atoms with E-state index in [9.17, 15) is 9.90 Å². The van der Waals surface area contributed by atoms with Crippen LogP contribution in [0.25, 0.3) is 0 Å². The molecule has 6 heteroatoms. The highest BCUT2D eigenvalue weighted by Crippen LogP contribution is 2.37. The Morgan fingerprint density at radius 2 is 2.31 bits per heavy atom. The lowest BCUT2D eigenvalue weighted by Crippen LogP contribution is -2.21. The van der Waals surface area contributed by atoms with Gasteiger partial charge in [0.25, 0.3) is 0 Å². The fraction of sp³-hybridized carbons (Fsp3) is 0.300. The van der Waals surface area contributed by atoms with E-state index >= 15 is 0 Å². The Bertz CT molecular complexity index is 436. The van der Waals surface area contributed by atoms with Crippen molar-refractivity contribution < 1.29 is 14.6 Å². The molecule has 0 saturated carbocycles. The maximum Gasteiger partial charge on any atom is 0.315 e. The van der Waals surface area contributed by atoms with Crippen LogP contribution in [-0.2, 0) is 0 Å². The summed E-state index contributed by atoms with van der Waals surface area (Å²) in [5.74, 6) is 0.439. The van der Waals surface area contributed by atoms with Gasteiger partial charge >= 0.3 is 6.03 Å². The minimum Gasteiger partial charge on any atom is -0.503 e. The second-order valence-electron chi connectivity index (χ2n) is 3.46. The molecule has 5 nitrogen and oxygen atoms in total. The molecular formula is C10H11BrN2O3. The zero-order chi connectivity index (χ0) is 11.7. The van der Waals surface area contributed by atoms with E-state index < -0.39 is 0 Å². The molecule has 0 spiro atoms. The summed E-state index contributed by atoms with van der Waals surface area (Å²) in [6, 6.07) is 3.18. The molecule has 1 aliphatic heterocycles. The van der Waals surface area contributed by atoms with Crippen molar-refractivity contribution in [3.8, 4) is 11.5 Å². The first-order valence-electron chi connectivity index (χ1n) is 4.72. The van der Waals surface area contributed by atoms with E-state index in [1.54, 1.807) is 12.1 Å². The third-order valence-electron chi connectivity index (χ3n) is 2.45. The van der Waals surface area contributed by atoms with E-state index in [-0.39, 0.29) is 17.8 Å². The summed E-state index contributed by atoms with van der Waals surface area (Å²) in [6.07, 6.45) is 0. The molecular weight excluding hydrogens is 276 g/mol. The predicted molar refractivity (Wildman–Crippen MR) is 61.6 cm³/mol. The average molecular weight is 287 g/mol. The fourth-order valence-corrected chi connectivity index (χ4v) is 2.07. The molecule has 2 amide bonds. The quantitative estimate of drug-likeness (QED) is 0.772. The van der Waals surface area contributed by atoms with E-state index in [1.165, 1.54) is 7.11 Å². The van der Waals surface area contributed by atoms with Crippen molar-refractivity contribution in [2.45, 2.75) is 6.04 Å². The maximum absolute atomic E-state index is 11.0. The van der Waals surface area contributed by atoms with Crippen molar-refractivity contribution in [2.75, 3.05) is 13.7 Å². The van der Waals surface area contributed by atoms with Crippen LogP contribution in [0.2, 0.25) is 0 Å². The van der Waals surface area contributed by atoms with Crippen LogP contribution in [0.15, 0.2) is 16.6 Å². The van der Waals surface area contributed by atoms with Crippen LogP contribution in [0.1, 0.15) is 11.6 Å². The van der Waals surface area contributed by atoms with Gasteiger partial charge in [0.2, 0.25) is 0 Å². The van der Waals surface area contributed by atoms with Gasteiger partial charge in [0, 0.05) is 6.54 Å². The molecule has 86 valence electrons. The molecule has 0 radical (unpaired) electrons. The molecule has 16 heavy (non-hydrogen) atoms. The lowest BCUT2D eigenvalue weighted by molar-refractivity contribution is 0.247. The number of nitrogens with one attached hydrogen (secondary N) is 2. The number of methoxy groups -OCH3 is 1. The number of benzene rings is 1. The Balaban J connectivity index is 2.35. The zero-order valence-corrected chi connectivity index (χ0v) is 10.2. The standard InChI is InChI=1S/C10H11BrN2O3/c1-16-8-3-5(2-6(11)9(8)14)7-4-12-10(15)13-7/h2-3,7,14H,4H2,1H3,(H2,12,13,15)/t7-/m0/s1. The molecule has 1 aromatic carbocycles. The van der Waals surface area contributed by atoms with Crippen LogP contribution < -0.4 is 15.4 Å². The summed E-state index contributed by atoms with van der Waals surface area (Å²) in [5.41, 5.74) is 0.875. The second kappa shape index (κ2) is 4.21. The van der Waals surface area contributed by atoms with Crippen molar-refractivity contribution in [1.29, 1.82) is 0 Å². The van der Waals surface area contributed by atoms with Crippen LogP contribution in [0.4, 0.5) is 4.79 Å². The molecule has 0 aliphatic carbocycles. The van der Waals surface area contributed by atoms with E-state index in [4.69, 9.17) is 4.74 Å². The summed E-state index contributed by atoms with van der Waals surface area (Å²) in [7, 11) is 1.48. The van der Waals surface area contributed by atoms with Crippen LogP contribution >= 0.6 is 15.9 Å². The van der Waals surface area contributed by atoms with E-state index in [2.05, 4.69) is 26.6 Å². The molecule has 2 rings (SSSR count). The predicted octanol–water partition coefficient (Wildman–Crippen LogP) is 1.52. The lowest BCUT2D eigenvalue weighted by atomic mass is 10.1. The number of amides is 2. The average Bonchev–Trinajstić information content (AvgIpc) is 2.69. The number of phenolic OH excluding ortho intramolecular Hbond substituents is 1. The fourth-order valence-electron chi connectivity index (χ4n) is 1.61. The van der Waals surface area contributed by atoms with E-state index in [0.717, 1.165) is 5.56 Å². The van der Waals surface area contributed by atoms with Crippen LogP contribution in [-0.4, -0.2) is 24.8 Å². The molecule has 1 atom stereocenters. The normalized spacial score (nSPS) is 19.1. The first kappa shape index (κ1) is 11.1. The molecule has 1 aromatic rings. The van der Waals surface area contributed by atoms with Crippen LogP contribution in [0.5, 0.6) is 11.5 Å².